The van der Waals surface area contributed by atoms with Gasteiger partial charge in [0.1, 0.15) is 6.54 Å². The zero-order valence-corrected chi connectivity index (χ0v) is 13.6. The SMILES string of the molecule is CCOc1cccc(C2[NH2+]Cc3ccccc3-n3cccc32)c1O. The third-order valence-electron chi connectivity index (χ3n) is 4.59. The van der Waals surface area contributed by atoms with Gasteiger partial charge in [-0.15, -0.1) is 0 Å². The van der Waals surface area contributed by atoms with E-state index in [4.69, 9.17) is 4.74 Å². The number of aromatic hydroxyl groups is 1. The summed E-state index contributed by atoms with van der Waals surface area (Å²) in [4.78, 5) is 0. The molecule has 122 valence electrons. The number of rotatable bonds is 3. The Morgan fingerprint density at radius 2 is 2.00 bits per heavy atom. The summed E-state index contributed by atoms with van der Waals surface area (Å²) in [5.74, 6) is 0.780. The molecule has 24 heavy (non-hydrogen) atoms. The van der Waals surface area contributed by atoms with Gasteiger partial charge < -0.3 is 19.7 Å². The molecule has 0 bridgehead atoms. The number of quaternary nitrogens is 1. The van der Waals surface area contributed by atoms with Gasteiger partial charge in [0.15, 0.2) is 17.5 Å². The summed E-state index contributed by atoms with van der Waals surface area (Å²) < 4.78 is 7.78. The minimum absolute atomic E-state index is 0.0211. The number of fused-ring (bicyclic) bond motifs is 3. The van der Waals surface area contributed by atoms with Crippen LogP contribution in [-0.2, 0) is 6.54 Å². The highest BCUT2D eigenvalue weighted by molar-refractivity contribution is 5.50. The lowest BCUT2D eigenvalue weighted by atomic mass is 10.0. The molecule has 0 amide bonds. The van der Waals surface area contributed by atoms with E-state index in [2.05, 4.69) is 52.5 Å². The van der Waals surface area contributed by atoms with E-state index in [9.17, 15) is 5.11 Å². The lowest BCUT2D eigenvalue weighted by molar-refractivity contribution is -0.702. The molecule has 0 saturated carbocycles. The van der Waals surface area contributed by atoms with E-state index >= 15 is 0 Å². The third kappa shape index (κ3) is 2.36. The normalized spacial score (nSPS) is 16.1. The van der Waals surface area contributed by atoms with Crippen molar-refractivity contribution >= 4 is 0 Å². The van der Waals surface area contributed by atoms with Crippen LogP contribution < -0.4 is 10.1 Å². The average molecular weight is 321 g/mol. The molecule has 4 nitrogen and oxygen atoms in total. The Hall–Kier alpha value is -2.72. The van der Waals surface area contributed by atoms with Gasteiger partial charge in [-0.25, -0.2) is 0 Å². The van der Waals surface area contributed by atoms with Crippen LogP contribution in [-0.4, -0.2) is 16.3 Å². The van der Waals surface area contributed by atoms with Gasteiger partial charge in [0.25, 0.3) is 0 Å². The van der Waals surface area contributed by atoms with Crippen LogP contribution in [0.1, 0.15) is 29.8 Å². The van der Waals surface area contributed by atoms with Crippen LogP contribution in [0.15, 0.2) is 60.8 Å². The molecule has 1 aliphatic rings. The number of phenolic OH excluding ortho intramolecular Hbond substituents is 1. The predicted octanol–water partition coefficient (Wildman–Crippen LogP) is 2.75. The number of nitrogens with two attached hydrogens (primary N) is 1. The molecule has 4 rings (SSSR count). The smallest absolute Gasteiger partial charge is 0.167 e. The highest BCUT2D eigenvalue weighted by atomic mass is 16.5. The van der Waals surface area contributed by atoms with E-state index in [0.29, 0.717) is 12.4 Å². The second-order valence-electron chi connectivity index (χ2n) is 5.98. The van der Waals surface area contributed by atoms with Gasteiger partial charge in [0, 0.05) is 11.8 Å². The van der Waals surface area contributed by atoms with E-state index in [-0.39, 0.29) is 11.8 Å². The molecule has 0 saturated heterocycles. The molecule has 1 atom stereocenters. The van der Waals surface area contributed by atoms with Crippen molar-refractivity contribution in [2.45, 2.75) is 19.5 Å². The Morgan fingerprint density at radius 3 is 2.88 bits per heavy atom. The molecule has 3 N–H and O–H groups in total. The van der Waals surface area contributed by atoms with Crippen molar-refractivity contribution in [2.24, 2.45) is 0 Å². The average Bonchev–Trinajstić information content (AvgIpc) is 3.02. The lowest BCUT2D eigenvalue weighted by Crippen LogP contribution is -2.83. The standard InChI is InChI=1S/C20H20N2O2/c1-2-24-18-11-5-8-15(20(18)23)19-17-10-6-12-22(17)16-9-4-3-7-14(16)13-21-19/h3-12,19,21,23H,2,13H2,1H3/p+1. The Balaban J connectivity index is 1.83. The monoisotopic (exact) mass is 321 g/mol. The quantitative estimate of drug-likeness (QED) is 0.779. The second-order valence-corrected chi connectivity index (χ2v) is 5.98. The largest absolute Gasteiger partial charge is 0.504 e. The number of phenols is 1. The van der Waals surface area contributed by atoms with Crippen molar-refractivity contribution < 1.29 is 15.2 Å². The summed E-state index contributed by atoms with van der Waals surface area (Å²) in [6.07, 6.45) is 2.09. The van der Waals surface area contributed by atoms with Crippen LogP contribution in [0, 0.1) is 0 Å². The molecule has 3 aromatic rings. The van der Waals surface area contributed by atoms with Crippen molar-refractivity contribution in [3.05, 3.63) is 77.6 Å². The van der Waals surface area contributed by atoms with Gasteiger partial charge in [-0.2, -0.15) is 0 Å². The fourth-order valence-electron chi connectivity index (χ4n) is 3.50. The number of benzene rings is 2. The van der Waals surface area contributed by atoms with Gasteiger partial charge in [0.2, 0.25) is 0 Å². The minimum Gasteiger partial charge on any atom is -0.504 e. The fraction of sp³-hybridized carbons (Fsp3) is 0.200. The first-order valence-electron chi connectivity index (χ1n) is 8.33. The third-order valence-corrected chi connectivity index (χ3v) is 4.59. The van der Waals surface area contributed by atoms with Crippen molar-refractivity contribution in [3.8, 4) is 17.2 Å². The molecule has 0 fully saturated rings. The number of para-hydroxylation sites is 2. The number of hydrogen-bond acceptors (Lipinski definition) is 2. The summed E-state index contributed by atoms with van der Waals surface area (Å²) in [5.41, 5.74) is 4.53. The van der Waals surface area contributed by atoms with Crippen molar-refractivity contribution in [3.63, 3.8) is 0 Å². The fourth-order valence-corrected chi connectivity index (χ4v) is 3.50. The Morgan fingerprint density at radius 1 is 1.12 bits per heavy atom. The molecule has 2 heterocycles. The maximum Gasteiger partial charge on any atom is 0.167 e. The molecule has 2 aromatic carbocycles. The van der Waals surface area contributed by atoms with E-state index in [1.807, 2.05) is 25.1 Å². The molecule has 0 aliphatic carbocycles. The van der Waals surface area contributed by atoms with Gasteiger partial charge in [0.05, 0.1) is 23.6 Å². The summed E-state index contributed by atoms with van der Waals surface area (Å²) in [7, 11) is 0. The van der Waals surface area contributed by atoms with Gasteiger partial charge in [-0.3, -0.25) is 0 Å². The van der Waals surface area contributed by atoms with Gasteiger partial charge >= 0.3 is 0 Å². The van der Waals surface area contributed by atoms with E-state index in [0.717, 1.165) is 17.8 Å². The second kappa shape index (κ2) is 6.06. The first kappa shape index (κ1) is 14.8. The van der Waals surface area contributed by atoms with Crippen molar-refractivity contribution in [1.82, 2.24) is 4.57 Å². The summed E-state index contributed by atoms with van der Waals surface area (Å²) in [5, 5.41) is 13.0. The van der Waals surface area contributed by atoms with Gasteiger partial charge in [-0.1, -0.05) is 24.3 Å². The first-order valence-corrected chi connectivity index (χ1v) is 8.33. The maximum atomic E-state index is 10.7. The maximum absolute atomic E-state index is 10.7. The molecule has 1 aliphatic heterocycles. The molecule has 0 radical (unpaired) electrons. The molecule has 0 spiro atoms. The molecule has 1 aromatic heterocycles. The number of ether oxygens (including phenoxy) is 1. The summed E-state index contributed by atoms with van der Waals surface area (Å²) in [6.45, 7) is 3.32. The molecule has 4 heteroatoms. The number of nitrogens with zero attached hydrogens (tertiary/aromatic N) is 1. The van der Waals surface area contributed by atoms with E-state index < -0.39 is 0 Å². The van der Waals surface area contributed by atoms with E-state index in [1.54, 1.807) is 0 Å². The number of aromatic nitrogens is 1. The summed E-state index contributed by atoms with van der Waals surface area (Å²) >= 11 is 0. The highest BCUT2D eigenvalue weighted by Crippen LogP contribution is 2.36. The highest BCUT2D eigenvalue weighted by Gasteiger charge is 2.29. The van der Waals surface area contributed by atoms with Crippen LogP contribution >= 0.6 is 0 Å². The van der Waals surface area contributed by atoms with Crippen LogP contribution in [0.25, 0.3) is 5.69 Å². The van der Waals surface area contributed by atoms with E-state index in [1.165, 1.54) is 11.3 Å². The van der Waals surface area contributed by atoms with Crippen molar-refractivity contribution in [1.29, 1.82) is 0 Å². The van der Waals surface area contributed by atoms with Crippen LogP contribution in [0.2, 0.25) is 0 Å². The first-order chi connectivity index (χ1) is 11.8. The number of hydrogen-bond donors (Lipinski definition) is 2. The topological polar surface area (TPSA) is 51.0 Å². The predicted molar refractivity (Wildman–Crippen MR) is 92.5 cm³/mol. The summed E-state index contributed by atoms with van der Waals surface area (Å²) in [6, 6.07) is 18.4. The Labute approximate surface area is 141 Å². The molecular weight excluding hydrogens is 300 g/mol. The van der Waals surface area contributed by atoms with Crippen molar-refractivity contribution in [2.75, 3.05) is 6.61 Å². The minimum atomic E-state index is 0.0211. The van der Waals surface area contributed by atoms with Crippen LogP contribution in [0.4, 0.5) is 0 Å². The lowest BCUT2D eigenvalue weighted by Gasteiger charge is -2.17. The Bertz CT molecular complexity index is 870. The Kier molecular flexibility index (Phi) is 3.75. The molecular formula is C20H21N2O2+. The van der Waals surface area contributed by atoms with Crippen LogP contribution in [0.3, 0.4) is 0 Å². The van der Waals surface area contributed by atoms with Gasteiger partial charge in [-0.05, 0) is 37.3 Å². The molecule has 1 unspecified atom stereocenters. The zero-order valence-electron chi connectivity index (χ0n) is 13.6. The zero-order chi connectivity index (χ0) is 16.5. The van der Waals surface area contributed by atoms with Crippen LogP contribution in [0.5, 0.6) is 11.5 Å².